The predicted octanol–water partition coefficient (Wildman–Crippen LogP) is -1.15. The van der Waals surface area contributed by atoms with Crippen LogP contribution in [0.4, 0.5) is 8.78 Å². The number of aliphatic hydroxyl groups excluding tert-OH is 3. The van der Waals surface area contributed by atoms with Crippen molar-refractivity contribution in [2.45, 2.75) is 55.9 Å². The van der Waals surface area contributed by atoms with Gasteiger partial charge in [0.25, 0.3) is 0 Å². The summed E-state index contributed by atoms with van der Waals surface area (Å²) in [5.41, 5.74) is 0.667. The van der Waals surface area contributed by atoms with Gasteiger partial charge in [0.1, 0.15) is 18.3 Å². The van der Waals surface area contributed by atoms with Crippen LogP contribution in [-0.4, -0.2) is 81.3 Å². The van der Waals surface area contributed by atoms with Gasteiger partial charge in [-0.05, 0) is 5.56 Å². The molecule has 11 heteroatoms. The van der Waals surface area contributed by atoms with Gasteiger partial charge >= 0.3 is 11.8 Å². The van der Waals surface area contributed by atoms with E-state index in [1.807, 2.05) is 0 Å². The topological polar surface area (TPSA) is 148 Å². The number of hydrogen-bond acceptors (Lipinski definition) is 7. The fourth-order valence-corrected chi connectivity index (χ4v) is 3.20. The highest BCUT2D eigenvalue weighted by molar-refractivity contribution is 5.77. The van der Waals surface area contributed by atoms with Gasteiger partial charge in [-0.2, -0.15) is 4.39 Å². The molecule has 0 saturated carbocycles. The fraction of sp³-hybridized carbons (Fsp3) is 0.556. The molecular weight excluding hydrogens is 394 g/mol. The minimum atomic E-state index is -3.86. The molecule has 1 amide bonds. The molecule has 1 aromatic carbocycles. The van der Waals surface area contributed by atoms with E-state index in [-0.39, 0.29) is 6.54 Å². The first-order valence-electron chi connectivity index (χ1n) is 8.87. The van der Waals surface area contributed by atoms with E-state index in [0.29, 0.717) is 5.56 Å². The van der Waals surface area contributed by atoms with E-state index < -0.39 is 60.9 Å². The van der Waals surface area contributed by atoms with Gasteiger partial charge in [0, 0.05) is 13.5 Å². The lowest BCUT2D eigenvalue weighted by Crippen LogP contribution is -2.74. The number of benzene rings is 1. The van der Waals surface area contributed by atoms with Crippen LogP contribution < -0.4 is 10.6 Å². The normalized spacial score (nSPS) is 31.7. The van der Waals surface area contributed by atoms with Crippen LogP contribution in [0, 0.1) is 0 Å². The summed E-state index contributed by atoms with van der Waals surface area (Å²) >= 11 is 0. The summed E-state index contributed by atoms with van der Waals surface area (Å²) in [5, 5.41) is 43.2. The Morgan fingerprint density at radius 2 is 1.86 bits per heavy atom. The molecule has 0 unspecified atom stereocenters. The number of halogens is 2. The number of carboxylic acids is 1. The average molecular weight is 418 g/mol. The van der Waals surface area contributed by atoms with Crippen molar-refractivity contribution < 1.29 is 43.5 Å². The van der Waals surface area contributed by atoms with Crippen molar-refractivity contribution in [1.29, 1.82) is 0 Å². The maximum absolute atomic E-state index is 15.0. The summed E-state index contributed by atoms with van der Waals surface area (Å²) in [6.07, 6.45) is -8.50. The Hall–Kier alpha value is -2.18. The number of carbonyl (C=O) groups is 2. The highest BCUT2D eigenvalue weighted by Gasteiger charge is 2.62. The first-order valence-corrected chi connectivity index (χ1v) is 8.87. The Morgan fingerprint density at radius 1 is 1.24 bits per heavy atom. The summed E-state index contributed by atoms with van der Waals surface area (Å²) in [6.45, 7) is 0.117. The van der Waals surface area contributed by atoms with Crippen LogP contribution in [0.3, 0.4) is 0 Å². The third-order valence-electron chi connectivity index (χ3n) is 4.68. The lowest BCUT2D eigenvalue weighted by atomic mass is 9.85. The molecule has 0 bridgehead atoms. The smallest absolute Gasteiger partial charge is 0.372 e. The maximum Gasteiger partial charge on any atom is 0.372 e. The summed E-state index contributed by atoms with van der Waals surface area (Å²) in [7, 11) is 0. The van der Waals surface area contributed by atoms with Crippen molar-refractivity contribution in [3.63, 3.8) is 0 Å². The van der Waals surface area contributed by atoms with Crippen molar-refractivity contribution in [3.05, 3.63) is 35.9 Å². The Morgan fingerprint density at radius 3 is 2.38 bits per heavy atom. The number of carbonyl (C=O) groups excluding carboxylic acids is 1. The van der Waals surface area contributed by atoms with Gasteiger partial charge in [-0.25, -0.2) is 9.18 Å². The molecule has 1 heterocycles. The Labute approximate surface area is 165 Å². The number of alkyl halides is 2. The van der Waals surface area contributed by atoms with E-state index in [2.05, 4.69) is 10.6 Å². The van der Waals surface area contributed by atoms with Crippen LogP contribution in [0.2, 0.25) is 0 Å². The van der Waals surface area contributed by atoms with Crippen molar-refractivity contribution in [2.75, 3.05) is 6.61 Å². The van der Waals surface area contributed by atoms with Gasteiger partial charge in [0.2, 0.25) is 5.91 Å². The SMILES string of the molecule is CC(=O)N[C@@H]1[C@@H](NCc2ccccc2)[C@@H](F)[C@](F)(C(=O)O)O[C@H]1[C@@H](O)[C@@H](O)CO. The van der Waals surface area contributed by atoms with Gasteiger partial charge in [-0.3, -0.25) is 4.79 Å². The third-order valence-corrected chi connectivity index (χ3v) is 4.68. The second-order valence-corrected chi connectivity index (χ2v) is 6.79. The first kappa shape index (κ1) is 23.1. The van der Waals surface area contributed by atoms with Gasteiger partial charge in [-0.1, -0.05) is 30.3 Å². The van der Waals surface area contributed by atoms with E-state index in [1.54, 1.807) is 30.3 Å². The van der Waals surface area contributed by atoms with Gasteiger partial charge in [0.15, 0.2) is 6.17 Å². The van der Waals surface area contributed by atoms with E-state index in [9.17, 15) is 33.7 Å². The summed E-state index contributed by atoms with van der Waals surface area (Å²) in [5.74, 6) is -6.81. The second kappa shape index (κ2) is 9.55. The molecule has 0 radical (unpaired) electrons. The molecule has 9 nitrogen and oxygen atoms in total. The molecule has 0 aromatic heterocycles. The molecule has 0 spiro atoms. The Balaban J connectivity index is 2.41. The number of ether oxygens (including phenoxy) is 1. The molecule has 0 aliphatic carbocycles. The third kappa shape index (κ3) is 5.06. The zero-order chi connectivity index (χ0) is 21.8. The lowest BCUT2D eigenvalue weighted by molar-refractivity contribution is -0.278. The highest BCUT2D eigenvalue weighted by Crippen LogP contribution is 2.36. The van der Waals surface area contributed by atoms with E-state index >= 15 is 0 Å². The van der Waals surface area contributed by atoms with E-state index in [4.69, 9.17) is 9.84 Å². The van der Waals surface area contributed by atoms with Crippen LogP contribution in [-0.2, 0) is 20.9 Å². The average Bonchev–Trinajstić information content (AvgIpc) is 2.69. The van der Waals surface area contributed by atoms with Crippen LogP contribution in [0.1, 0.15) is 12.5 Å². The number of aliphatic carboxylic acids is 1. The molecule has 162 valence electrons. The maximum atomic E-state index is 15.0. The molecular formula is C18H24F2N2O7. The molecule has 1 aliphatic rings. The van der Waals surface area contributed by atoms with Crippen LogP contribution in [0.25, 0.3) is 0 Å². The second-order valence-electron chi connectivity index (χ2n) is 6.79. The van der Waals surface area contributed by atoms with E-state index in [1.165, 1.54) is 0 Å². The zero-order valence-electron chi connectivity index (χ0n) is 15.5. The van der Waals surface area contributed by atoms with Gasteiger partial charge in [-0.15, -0.1) is 0 Å². The standard InChI is InChI=1S/C18H24F2N2O7/c1-9(24)22-12-13(21-7-10-5-3-2-4-6-10)16(19)18(20,17(27)28)29-15(12)14(26)11(25)8-23/h2-6,11-16,21,23,25-26H,7-8H2,1H3,(H,22,24)(H,27,28)/t11-,12+,13+,14-,15+,16+,18+/m0/s1. The summed E-state index contributed by atoms with van der Waals surface area (Å²) in [4.78, 5) is 23.0. The summed E-state index contributed by atoms with van der Waals surface area (Å²) < 4.78 is 34.6. The highest BCUT2D eigenvalue weighted by atomic mass is 19.2. The van der Waals surface area contributed by atoms with Crippen molar-refractivity contribution in [1.82, 2.24) is 10.6 Å². The Kier molecular flexibility index (Phi) is 7.60. The van der Waals surface area contributed by atoms with Crippen LogP contribution in [0.5, 0.6) is 0 Å². The van der Waals surface area contributed by atoms with E-state index in [0.717, 1.165) is 6.92 Å². The predicted molar refractivity (Wildman–Crippen MR) is 95.0 cm³/mol. The quantitative estimate of drug-likeness (QED) is 0.310. The summed E-state index contributed by atoms with van der Waals surface area (Å²) in [6, 6.07) is 5.45. The monoisotopic (exact) mass is 418 g/mol. The number of amides is 1. The number of rotatable bonds is 8. The van der Waals surface area contributed by atoms with Crippen LogP contribution >= 0.6 is 0 Å². The first-order chi connectivity index (χ1) is 13.6. The molecule has 6 N–H and O–H groups in total. The largest absolute Gasteiger partial charge is 0.477 e. The molecule has 7 atom stereocenters. The number of hydrogen-bond donors (Lipinski definition) is 6. The Bertz CT molecular complexity index is 711. The lowest BCUT2D eigenvalue weighted by Gasteiger charge is -2.47. The van der Waals surface area contributed by atoms with Gasteiger partial charge < -0.3 is 35.8 Å². The fourth-order valence-electron chi connectivity index (χ4n) is 3.20. The molecule has 1 fully saturated rings. The van der Waals surface area contributed by atoms with Gasteiger partial charge in [0.05, 0.1) is 18.7 Å². The number of aliphatic hydroxyl groups is 3. The minimum Gasteiger partial charge on any atom is -0.477 e. The number of nitrogens with one attached hydrogen (secondary N) is 2. The molecule has 1 aliphatic heterocycles. The number of carboxylic acid groups (broad SMARTS) is 1. The minimum absolute atomic E-state index is 0.0108. The molecule has 29 heavy (non-hydrogen) atoms. The molecule has 1 aromatic rings. The zero-order valence-corrected chi connectivity index (χ0v) is 15.5. The van der Waals surface area contributed by atoms with Crippen molar-refractivity contribution in [2.24, 2.45) is 0 Å². The van der Waals surface area contributed by atoms with Crippen LogP contribution in [0.15, 0.2) is 30.3 Å². The molecule has 1 saturated heterocycles. The van der Waals surface area contributed by atoms with Crippen molar-refractivity contribution in [3.8, 4) is 0 Å². The molecule has 2 rings (SSSR count). The van der Waals surface area contributed by atoms with Crippen molar-refractivity contribution >= 4 is 11.9 Å².